The third kappa shape index (κ3) is 5.20. The van der Waals surface area contributed by atoms with Gasteiger partial charge in [0.2, 0.25) is 5.91 Å². The number of nitrogens with one attached hydrogen (secondary N) is 2. The zero-order valence-corrected chi connectivity index (χ0v) is 21.2. The molecule has 1 aromatic heterocycles. The van der Waals surface area contributed by atoms with Gasteiger partial charge in [-0.05, 0) is 88.9 Å². The number of benzene rings is 1. The van der Waals surface area contributed by atoms with Crippen LogP contribution in [0.4, 0.5) is 4.79 Å². The highest BCUT2D eigenvalue weighted by Gasteiger charge is 2.58. The number of nitrogens with zero attached hydrogens (tertiary/aromatic N) is 2. The maximum absolute atomic E-state index is 13.0. The van der Waals surface area contributed by atoms with E-state index in [0.717, 1.165) is 58.0 Å². The van der Waals surface area contributed by atoms with E-state index in [0.29, 0.717) is 25.7 Å². The van der Waals surface area contributed by atoms with E-state index in [1.165, 1.54) is 16.5 Å². The summed E-state index contributed by atoms with van der Waals surface area (Å²) in [5.74, 6) is 0.412. The molecule has 3 heterocycles. The van der Waals surface area contributed by atoms with Gasteiger partial charge < -0.3 is 24.8 Å². The Morgan fingerprint density at radius 2 is 1.91 bits per heavy atom. The molecule has 35 heavy (non-hydrogen) atoms. The van der Waals surface area contributed by atoms with Gasteiger partial charge in [0.15, 0.2) is 0 Å². The first kappa shape index (κ1) is 24.2. The van der Waals surface area contributed by atoms with Gasteiger partial charge in [-0.2, -0.15) is 0 Å². The zero-order chi connectivity index (χ0) is 24.4. The average Bonchev–Trinajstić information content (AvgIpc) is 3.42. The van der Waals surface area contributed by atoms with Gasteiger partial charge in [-0.25, -0.2) is 4.79 Å². The van der Waals surface area contributed by atoms with Crippen molar-refractivity contribution in [3.8, 4) is 0 Å². The number of aromatic nitrogens is 1. The molecular formula is C28H40N4O3. The van der Waals surface area contributed by atoms with Crippen LogP contribution >= 0.6 is 0 Å². The fourth-order valence-electron chi connectivity index (χ4n) is 6.29. The predicted molar refractivity (Wildman–Crippen MR) is 137 cm³/mol. The molecule has 3 fully saturated rings. The highest BCUT2D eigenvalue weighted by molar-refractivity contribution is 5.83. The summed E-state index contributed by atoms with van der Waals surface area (Å²) in [5, 5.41) is 4.64. The van der Waals surface area contributed by atoms with Crippen LogP contribution in [0.3, 0.4) is 0 Å². The minimum absolute atomic E-state index is 0.175. The normalized spacial score (nSPS) is 23.4. The molecule has 1 saturated carbocycles. The SMILES string of the molecule is CCOC(=O)N1CCC(NC(=O)C2CC23CCN(C(C)CCc2c[nH]c4ccccc24)CC3)CC1. The molecule has 1 aliphatic carbocycles. The average molecular weight is 481 g/mol. The number of ether oxygens (including phenoxy) is 1. The lowest BCUT2D eigenvalue weighted by Crippen LogP contribution is -2.47. The lowest BCUT2D eigenvalue weighted by molar-refractivity contribution is -0.124. The second-order valence-electron chi connectivity index (χ2n) is 10.9. The first-order chi connectivity index (χ1) is 17.0. The second-order valence-corrected chi connectivity index (χ2v) is 10.9. The summed E-state index contributed by atoms with van der Waals surface area (Å²) in [6.45, 7) is 8.09. The Kier molecular flexibility index (Phi) is 7.05. The van der Waals surface area contributed by atoms with Crippen molar-refractivity contribution in [1.29, 1.82) is 0 Å². The Bertz CT molecular complexity index is 1030. The molecule has 1 aromatic carbocycles. The predicted octanol–water partition coefficient (Wildman–Crippen LogP) is 4.33. The van der Waals surface area contributed by atoms with Gasteiger partial charge >= 0.3 is 6.09 Å². The molecule has 2 aromatic rings. The number of H-pyrrole nitrogens is 1. The molecule has 0 bridgehead atoms. The van der Waals surface area contributed by atoms with E-state index in [1.54, 1.807) is 4.90 Å². The van der Waals surface area contributed by atoms with Crippen LogP contribution in [-0.2, 0) is 16.0 Å². The molecule has 2 atom stereocenters. The standard InChI is InChI=1S/C28H40N4O3/c1-3-35-27(34)32-14-10-22(11-15-32)30-26(33)24-18-28(24)12-16-31(17-13-28)20(2)8-9-21-19-29-25-7-5-4-6-23(21)25/h4-7,19-20,22,24,29H,3,8-18H2,1-2H3,(H,30,33). The number of hydrogen-bond acceptors (Lipinski definition) is 4. The molecule has 190 valence electrons. The lowest BCUT2D eigenvalue weighted by atomic mass is 9.89. The Hall–Kier alpha value is -2.54. The van der Waals surface area contributed by atoms with Crippen molar-refractivity contribution >= 4 is 22.9 Å². The number of aryl methyl sites for hydroxylation is 1. The number of fused-ring (bicyclic) bond motifs is 1. The summed E-state index contributed by atoms with van der Waals surface area (Å²) in [4.78, 5) is 32.6. The molecule has 5 rings (SSSR count). The van der Waals surface area contributed by atoms with Crippen molar-refractivity contribution in [3.05, 3.63) is 36.0 Å². The van der Waals surface area contributed by atoms with Crippen LogP contribution in [0.2, 0.25) is 0 Å². The van der Waals surface area contributed by atoms with E-state index in [4.69, 9.17) is 4.74 Å². The van der Waals surface area contributed by atoms with Crippen molar-refractivity contribution in [2.24, 2.45) is 11.3 Å². The molecule has 3 aliphatic rings. The summed E-state index contributed by atoms with van der Waals surface area (Å²) in [6.07, 6.45) is 9.09. The quantitative estimate of drug-likeness (QED) is 0.618. The number of likely N-dealkylation sites (tertiary alicyclic amines) is 2. The van der Waals surface area contributed by atoms with Crippen molar-refractivity contribution < 1.29 is 14.3 Å². The van der Waals surface area contributed by atoms with Gasteiger partial charge in [0.05, 0.1) is 6.61 Å². The van der Waals surface area contributed by atoms with Crippen molar-refractivity contribution in [2.75, 3.05) is 32.8 Å². The fourth-order valence-corrected chi connectivity index (χ4v) is 6.29. The number of rotatable bonds is 7. The summed E-state index contributed by atoms with van der Waals surface area (Å²) < 4.78 is 5.09. The van der Waals surface area contributed by atoms with E-state index < -0.39 is 0 Å². The molecule has 0 radical (unpaired) electrons. The highest BCUT2D eigenvalue weighted by atomic mass is 16.6. The molecule has 2 N–H and O–H groups in total. The largest absolute Gasteiger partial charge is 0.450 e. The van der Waals surface area contributed by atoms with Crippen molar-refractivity contribution in [2.45, 2.75) is 70.9 Å². The Labute approximate surface area is 208 Å². The van der Waals surface area contributed by atoms with Gasteiger partial charge in [0.25, 0.3) is 0 Å². The van der Waals surface area contributed by atoms with Gasteiger partial charge in [0, 0.05) is 48.2 Å². The smallest absolute Gasteiger partial charge is 0.409 e. The van der Waals surface area contributed by atoms with E-state index >= 15 is 0 Å². The number of piperidine rings is 2. The summed E-state index contributed by atoms with van der Waals surface area (Å²) >= 11 is 0. The molecule has 2 amide bonds. The van der Waals surface area contributed by atoms with E-state index in [2.05, 4.69) is 52.6 Å². The second kappa shape index (κ2) is 10.2. The fraction of sp³-hybridized carbons (Fsp3) is 0.643. The van der Waals surface area contributed by atoms with E-state index in [1.807, 2.05) is 6.92 Å². The maximum Gasteiger partial charge on any atom is 0.409 e. The van der Waals surface area contributed by atoms with Crippen LogP contribution in [0.25, 0.3) is 10.9 Å². The van der Waals surface area contributed by atoms with Crippen LogP contribution in [0.1, 0.15) is 57.9 Å². The molecule has 1 spiro atoms. The van der Waals surface area contributed by atoms with Crippen LogP contribution in [0, 0.1) is 11.3 Å². The van der Waals surface area contributed by atoms with Gasteiger partial charge in [-0.1, -0.05) is 18.2 Å². The van der Waals surface area contributed by atoms with E-state index in [-0.39, 0.29) is 29.4 Å². The molecule has 2 aliphatic heterocycles. The van der Waals surface area contributed by atoms with Gasteiger partial charge in [0.1, 0.15) is 0 Å². The Morgan fingerprint density at radius 3 is 2.66 bits per heavy atom. The topological polar surface area (TPSA) is 77.7 Å². The summed E-state index contributed by atoms with van der Waals surface area (Å²) in [7, 11) is 0. The van der Waals surface area contributed by atoms with Crippen LogP contribution < -0.4 is 5.32 Å². The minimum Gasteiger partial charge on any atom is -0.450 e. The lowest BCUT2D eigenvalue weighted by Gasteiger charge is -2.37. The molecule has 7 heteroatoms. The van der Waals surface area contributed by atoms with Gasteiger partial charge in [-0.15, -0.1) is 0 Å². The Morgan fingerprint density at radius 1 is 1.17 bits per heavy atom. The first-order valence-corrected chi connectivity index (χ1v) is 13.5. The third-order valence-electron chi connectivity index (χ3n) is 8.80. The van der Waals surface area contributed by atoms with Crippen LogP contribution in [-0.4, -0.2) is 71.7 Å². The Balaban J connectivity index is 1.04. The maximum atomic E-state index is 13.0. The van der Waals surface area contributed by atoms with Crippen LogP contribution in [0.5, 0.6) is 0 Å². The monoisotopic (exact) mass is 480 g/mol. The highest BCUT2D eigenvalue weighted by Crippen LogP contribution is 2.59. The number of para-hydroxylation sites is 1. The number of aromatic amines is 1. The zero-order valence-electron chi connectivity index (χ0n) is 21.2. The number of carbonyl (C=O) groups excluding carboxylic acids is 2. The van der Waals surface area contributed by atoms with Gasteiger partial charge in [-0.3, -0.25) is 4.79 Å². The minimum atomic E-state index is -0.235. The summed E-state index contributed by atoms with van der Waals surface area (Å²) in [6, 6.07) is 9.27. The molecular weight excluding hydrogens is 440 g/mol. The molecule has 2 unspecified atom stereocenters. The van der Waals surface area contributed by atoms with Crippen molar-refractivity contribution in [3.63, 3.8) is 0 Å². The molecule has 2 saturated heterocycles. The first-order valence-electron chi connectivity index (χ1n) is 13.5. The van der Waals surface area contributed by atoms with Crippen molar-refractivity contribution in [1.82, 2.24) is 20.1 Å². The summed E-state index contributed by atoms with van der Waals surface area (Å²) in [5.41, 5.74) is 2.86. The molecule has 7 nitrogen and oxygen atoms in total. The van der Waals surface area contributed by atoms with Crippen LogP contribution in [0.15, 0.2) is 30.5 Å². The number of amides is 2. The third-order valence-corrected chi connectivity index (χ3v) is 8.80. The number of hydrogen-bond donors (Lipinski definition) is 2. The number of carbonyl (C=O) groups is 2. The van der Waals surface area contributed by atoms with E-state index in [9.17, 15) is 9.59 Å².